The number of carbonyl (C=O) groups is 1. The molecule has 0 aliphatic carbocycles. The fourth-order valence-corrected chi connectivity index (χ4v) is 3.38. The van der Waals surface area contributed by atoms with Gasteiger partial charge in [-0.2, -0.15) is 0 Å². The van der Waals surface area contributed by atoms with Crippen LogP contribution in [0.15, 0.2) is 29.3 Å². The van der Waals surface area contributed by atoms with Gasteiger partial charge in [-0.05, 0) is 64.4 Å². The predicted molar refractivity (Wildman–Crippen MR) is 114 cm³/mol. The van der Waals surface area contributed by atoms with Crippen LogP contribution in [-0.2, 0) is 4.79 Å². The molecule has 156 valence electrons. The van der Waals surface area contributed by atoms with Gasteiger partial charge in [0, 0.05) is 19.1 Å². The highest BCUT2D eigenvalue weighted by Gasteiger charge is 2.24. The Bertz CT molecular complexity index is 646. The zero-order valence-electron chi connectivity index (χ0n) is 17.8. The summed E-state index contributed by atoms with van der Waals surface area (Å²) in [5.74, 6) is 1.43. The van der Waals surface area contributed by atoms with E-state index in [4.69, 9.17) is 4.74 Å². The number of nitrogens with one attached hydrogen (secondary N) is 3. The van der Waals surface area contributed by atoms with Crippen LogP contribution in [0.2, 0.25) is 0 Å². The van der Waals surface area contributed by atoms with Gasteiger partial charge in [0.2, 0.25) is 5.91 Å². The first-order valence-electron chi connectivity index (χ1n) is 9.96. The molecule has 0 aromatic heterocycles. The summed E-state index contributed by atoms with van der Waals surface area (Å²) in [5.41, 5.74) is 1.00. The number of aliphatic imine (C=N–C) groups is 1. The zero-order valence-corrected chi connectivity index (χ0v) is 17.8. The van der Waals surface area contributed by atoms with Gasteiger partial charge in [-0.25, -0.2) is 0 Å². The number of guanidine groups is 1. The van der Waals surface area contributed by atoms with Gasteiger partial charge < -0.3 is 20.7 Å². The molecule has 1 heterocycles. The molecular formula is C21H35N5O2. The standard InChI is InChI=1S/C21H35N5O2/c1-21(2,3)25-19(27)15-24-20(22-4)23-14-18(26-12-6-7-13-26)16-8-10-17(28-5)11-9-16/h8-11,18H,6-7,12-15H2,1-5H3,(H,25,27)(H2,22,23,24). The molecule has 1 fully saturated rings. The average Bonchev–Trinajstić information content (AvgIpc) is 3.18. The first-order valence-corrected chi connectivity index (χ1v) is 9.96. The van der Waals surface area contributed by atoms with Crippen molar-refractivity contribution in [1.29, 1.82) is 0 Å². The van der Waals surface area contributed by atoms with Crippen LogP contribution in [0.25, 0.3) is 0 Å². The number of nitrogens with zero attached hydrogens (tertiary/aromatic N) is 2. The van der Waals surface area contributed by atoms with Crippen molar-refractivity contribution in [3.63, 3.8) is 0 Å². The minimum absolute atomic E-state index is 0.0540. The van der Waals surface area contributed by atoms with Crippen LogP contribution in [0.1, 0.15) is 45.2 Å². The van der Waals surface area contributed by atoms with Crippen molar-refractivity contribution in [2.24, 2.45) is 4.99 Å². The summed E-state index contributed by atoms with van der Waals surface area (Å²) in [6, 6.07) is 8.49. The third kappa shape index (κ3) is 7.03. The summed E-state index contributed by atoms with van der Waals surface area (Å²) in [5, 5.41) is 9.41. The van der Waals surface area contributed by atoms with Crippen molar-refractivity contribution >= 4 is 11.9 Å². The Kier molecular flexibility index (Phi) is 8.11. The lowest BCUT2D eigenvalue weighted by Gasteiger charge is -2.29. The quantitative estimate of drug-likeness (QED) is 0.491. The van der Waals surface area contributed by atoms with E-state index in [-0.39, 0.29) is 24.0 Å². The van der Waals surface area contributed by atoms with Gasteiger partial charge in [-0.1, -0.05) is 12.1 Å². The van der Waals surface area contributed by atoms with E-state index in [1.165, 1.54) is 18.4 Å². The van der Waals surface area contributed by atoms with Crippen LogP contribution in [0.4, 0.5) is 0 Å². The SMILES string of the molecule is CN=C(NCC(=O)NC(C)(C)C)NCC(c1ccc(OC)cc1)N1CCCC1. The molecule has 1 saturated heterocycles. The first-order chi connectivity index (χ1) is 13.3. The molecule has 1 aromatic carbocycles. The number of benzene rings is 1. The van der Waals surface area contributed by atoms with E-state index in [9.17, 15) is 4.79 Å². The maximum atomic E-state index is 12.0. The second-order valence-corrected chi connectivity index (χ2v) is 8.14. The molecule has 7 heteroatoms. The second-order valence-electron chi connectivity index (χ2n) is 8.14. The number of hydrogen-bond donors (Lipinski definition) is 3. The van der Waals surface area contributed by atoms with Crippen LogP contribution >= 0.6 is 0 Å². The fraction of sp³-hybridized carbons (Fsp3) is 0.619. The molecule has 28 heavy (non-hydrogen) atoms. The van der Waals surface area contributed by atoms with E-state index in [2.05, 4.69) is 38.0 Å². The highest BCUT2D eigenvalue weighted by atomic mass is 16.5. The van der Waals surface area contributed by atoms with Crippen molar-refractivity contribution in [3.8, 4) is 5.75 Å². The van der Waals surface area contributed by atoms with Crippen LogP contribution in [0.5, 0.6) is 5.75 Å². The van der Waals surface area contributed by atoms with E-state index in [1.807, 2.05) is 32.9 Å². The molecule has 0 bridgehead atoms. The van der Waals surface area contributed by atoms with Crippen LogP contribution in [-0.4, -0.2) is 62.6 Å². The largest absolute Gasteiger partial charge is 0.497 e. The Morgan fingerprint density at radius 1 is 1.18 bits per heavy atom. The molecule has 1 atom stereocenters. The van der Waals surface area contributed by atoms with Crippen LogP contribution < -0.4 is 20.7 Å². The lowest BCUT2D eigenvalue weighted by Crippen LogP contribution is -2.49. The predicted octanol–water partition coefficient (Wildman–Crippen LogP) is 1.91. The van der Waals surface area contributed by atoms with Crippen LogP contribution in [0, 0.1) is 0 Å². The minimum Gasteiger partial charge on any atom is -0.497 e. The van der Waals surface area contributed by atoms with Gasteiger partial charge in [-0.3, -0.25) is 14.7 Å². The van der Waals surface area contributed by atoms with Crippen molar-refractivity contribution in [3.05, 3.63) is 29.8 Å². The van der Waals surface area contributed by atoms with Crippen molar-refractivity contribution < 1.29 is 9.53 Å². The number of hydrogen-bond acceptors (Lipinski definition) is 4. The molecular weight excluding hydrogens is 354 g/mol. The number of methoxy groups -OCH3 is 1. The van der Waals surface area contributed by atoms with Crippen molar-refractivity contribution in [2.45, 2.75) is 45.2 Å². The Balaban J connectivity index is 1.96. The Labute approximate surface area is 168 Å². The van der Waals surface area contributed by atoms with Gasteiger partial charge in [0.1, 0.15) is 5.75 Å². The zero-order chi connectivity index (χ0) is 20.6. The topological polar surface area (TPSA) is 78.0 Å². The number of ether oxygens (including phenoxy) is 1. The lowest BCUT2D eigenvalue weighted by molar-refractivity contribution is -0.121. The van der Waals surface area contributed by atoms with E-state index in [1.54, 1.807) is 14.2 Å². The Hall–Kier alpha value is -2.28. The summed E-state index contributed by atoms with van der Waals surface area (Å²) in [4.78, 5) is 18.8. The van der Waals surface area contributed by atoms with Gasteiger partial charge >= 0.3 is 0 Å². The normalized spacial score (nSPS) is 16.5. The molecule has 3 N–H and O–H groups in total. The smallest absolute Gasteiger partial charge is 0.239 e. The monoisotopic (exact) mass is 389 g/mol. The molecule has 0 saturated carbocycles. The van der Waals surface area contributed by atoms with Gasteiger partial charge in [0.05, 0.1) is 19.7 Å². The summed E-state index contributed by atoms with van der Waals surface area (Å²) in [7, 11) is 3.40. The van der Waals surface area contributed by atoms with E-state index >= 15 is 0 Å². The maximum absolute atomic E-state index is 12.0. The molecule has 7 nitrogen and oxygen atoms in total. The first kappa shape index (κ1) is 22.0. The number of carbonyl (C=O) groups excluding carboxylic acids is 1. The van der Waals surface area contributed by atoms with Crippen molar-refractivity contribution in [1.82, 2.24) is 20.9 Å². The van der Waals surface area contributed by atoms with Gasteiger partial charge in [0.15, 0.2) is 5.96 Å². The van der Waals surface area contributed by atoms with Gasteiger partial charge in [-0.15, -0.1) is 0 Å². The third-order valence-electron chi connectivity index (χ3n) is 4.70. The number of rotatable bonds is 7. The number of likely N-dealkylation sites (tertiary alicyclic amines) is 1. The second kappa shape index (κ2) is 10.3. The fourth-order valence-electron chi connectivity index (χ4n) is 3.38. The number of amides is 1. The molecule has 1 amide bonds. The van der Waals surface area contributed by atoms with E-state index in [0.717, 1.165) is 18.8 Å². The summed E-state index contributed by atoms with van der Waals surface area (Å²) >= 11 is 0. The third-order valence-corrected chi connectivity index (χ3v) is 4.70. The van der Waals surface area contributed by atoms with Crippen LogP contribution in [0.3, 0.4) is 0 Å². The molecule has 2 rings (SSSR count). The summed E-state index contributed by atoms with van der Waals surface area (Å²) in [6.07, 6.45) is 2.46. The Morgan fingerprint density at radius 3 is 2.36 bits per heavy atom. The Morgan fingerprint density at radius 2 is 1.82 bits per heavy atom. The lowest BCUT2D eigenvalue weighted by atomic mass is 10.1. The molecule has 1 aromatic rings. The van der Waals surface area contributed by atoms with E-state index in [0.29, 0.717) is 12.5 Å². The molecule has 0 radical (unpaired) electrons. The molecule has 1 unspecified atom stereocenters. The molecule has 1 aliphatic heterocycles. The van der Waals surface area contributed by atoms with Crippen molar-refractivity contribution in [2.75, 3.05) is 40.3 Å². The average molecular weight is 390 g/mol. The van der Waals surface area contributed by atoms with E-state index < -0.39 is 0 Å². The maximum Gasteiger partial charge on any atom is 0.239 e. The van der Waals surface area contributed by atoms with Gasteiger partial charge in [0.25, 0.3) is 0 Å². The minimum atomic E-state index is -0.245. The highest BCUT2D eigenvalue weighted by molar-refractivity contribution is 5.86. The molecule has 1 aliphatic rings. The summed E-state index contributed by atoms with van der Waals surface area (Å²) < 4.78 is 5.28. The highest BCUT2D eigenvalue weighted by Crippen LogP contribution is 2.26. The molecule has 0 spiro atoms. The summed E-state index contributed by atoms with van der Waals surface area (Å²) in [6.45, 7) is 8.99.